The molecule has 0 aliphatic heterocycles. The molecule has 1 atom stereocenters. The fourth-order valence-corrected chi connectivity index (χ4v) is 4.08. The van der Waals surface area contributed by atoms with Crippen molar-refractivity contribution in [2.45, 2.75) is 25.8 Å². The van der Waals surface area contributed by atoms with Crippen LogP contribution in [0.2, 0.25) is 0 Å². The summed E-state index contributed by atoms with van der Waals surface area (Å²) in [5.41, 5.74) is 0.927. The Kier molecular flexibility index (Phi) is 7.55. The second-order valence-electron chi connectivity index (χ2n) is 6.58. The summed E-state index contributed by atoms with van der Waals surface area (Å²) in [7, 11) is -2.32. The minimum Gasteiger partial charge on any atom is -0.497 e. The molecule has 2 aromatic carbocycles. The van der Waals surface area contributed by atoms with E-state index in [0.29, 0.717) is 19.4 Å². The van der Waals surface area contributed by atoms with E-state index in [0.717, 1.165) is 40.1 Å². The molecule has 1 N–H and O–H groups in total. The highest BCUT2D eigenvalue weighted by Crippen LogP contribution is 2.23. The van der Waals surface area contributed by atoms with Crippen LogP contribution in [0, 0.1) is 11.6 Å². The Balaban J connectivity index is 2.00. The quantitative estimate of drug-likeness (QED) is 0.626. The number of amides is 1. The number of carbonyl (C=O) groups is 1. The second-order valence-corrected chi connectivity index (χ2v) is 8.44. The molecular formula is C20H24F2N2O4S. The molecule has 0 radical (unpaired) electrons. The Morgan fingerprint density at radius 1 is 1.17 bits per heavy atom. The summed E-state index contributed by atoms with van der Waals surface area (Å²) in [5, 5.41) is 2.69. The standard InChI is InChI=1S/C20H24F2N2O4S/c1-14(24(29(3,26)27)16-9-10-18(21)19(22)13-16)20(25)23-11-5-7-15-6-4-8-17(12-15)28-2/h4,6,8-10,12-14H,5,7,11H2,1-3H3,(H,23,25). The Morgan fingerprint density at radius 2 is 1.90 bits per heavy atom. The number of rotatable bonds is 9. The molecule has 1 amide bonds. The number of aryl methyl sites for hydroxylation is 1. The lowest BCUT2D eigenvalue weighted by Gasteiger charge is -2.28. The van der Waals surface area contributed by atoms with Gasteiger partial charge < -0.3 is 10.1 Å². The first-order valence-electron chi connectivity index (χ1n) is 8.98. The van der Waals surface area contributed by atoms with Crippen molar-refractivity contribution in [2.75, 3.05) is 24.2 Å². The average molecular weight is 426 g/mol. The van der Waals surface area contributed by atoms with E-state index in [4.69, 9.17) is 4.74 Å². The highest BCUT2D eigenvalue weighted by molar-refractivity contribution is 7.92. The van der Waals surface area contributed by atoms with Crippen molar-refractivity contribution in [3.8, 4) is 5.75 Å². The lowest BCUT2D eigenvalue weighted by molar-refractivity contribution is -0.121. The molecule has 29 heavy (non-hydrogen) atoms. The van der Waals surface area contributed by atoms with E-state index < -0.39 is 33.6 Å². The van der Waals surface area contributed by atoms with Crippen LogP contribution in [0.1, 0.15) is 18.9 Å². The average Bonchev–Trinajstić information content (AvgIpc) is 2.67. The fourth-order valence-electron chi connectivity index (χ4n) is 2.91. The van der Waals surface area contributed by atoms with Gasteiger partial charge in [-0.3, -0.25) is 9.10 Å². The van der Waals surface area contributed by atoms with Crippen LogP contribution in [0.5, 0.6) is 5.75 Å². The van der Waals surface area contributed by atoms with Crippen LogP contribution in [0.15, 0.2) is 42.5 Å². The molecule has 0 bridgehead atoms. The number of benzene rings is 2. The number of nitrogens with zero attached hydrogens (tertiary/aromatic N) is 1. The summed E-state index contributed by atoms with van der Waals surface area (Å²) in [5.74, 6) is -2.08. The number of carbonyl (C=O) groups excluding carboxylic acids is 1. The zero-order valence-electron chi connectivity index (χ0n) is 16.5. The molecule has 0 saturated heterocycles. The zero-order chi connectivity index (χ0) is 21.6. The number of methoxy groups -OCH3 is 1. The molecule has 2 rings (SSSR count). The summed E-state index contributed by atoms with van der Waals surface area (Å²) < 4.78 is 57.0. The smallest absolute Gasteiger partial charge is 0.243 e. The van der Waals surface area contributed by atoms with Crippen LogP contribution in [-0.4, -0.2) is 40.3 Å². The summed E-state index contributed by atoms with van der Waals surface area (Å²) in [6.07, 6.45) is 2.24. The van der Waals surface area contributed by atoms with E-state index in [9.17, 15) is 22.0 Å². The molecule has 0 saturated carbocycles. The maximum atomic E-state index is 13.5. The number of anilines is 1. The van der Waals surface area contributed by atoms with Gasteiger partial charge in [0.05, 0.1) is 19.1 Å². The van der Waals surface area contributed by atoms with Crippen LogP contribution in [0.3, 0.4) is 0 Å². The van der Waals surface area contributed by atoms with Crippen molar-refractivity contribution in [3.63, 3.8) is 0 Å². The van der Waals surface area contributed by atoms with Crippen molar-refractivity contribution >= 4 is 21.6 Å². The molecule has 0 aliphatic rings. The first-order chi connectivity index (χ1) is 13.6. The predicted octanol–water partition coefficient (Wildman–Crippen LogP) is 2.88. The topological polar surface area (TPSA) is 75.7 Å². The van der Waals surface area contributed by atoms with Crippen LogP contribution in [0.4, 0.5) is 14.5 Å². The molecule has 0 heterocycles. The normalized spacial score (nSPS) is 12.3. The Morgan fingerprint density at radius 3 is 2.52 bits per heavy atom. The fraction of sp³-hybridized carbons (Fsp3) is 0.350. The summed E-state index contributed by atoms with van der Waals surface area (Å²) >= 11 is 0. The van der Waals surface area contributed by atoms with Gasteiger partial charge in [0.15, 0.2) is 11.6 Å². The molecule has 1 unspecified atom stereocenters. The van der Waals surface area contributed by atoms with Gasteiger partial charge in [0.2, 0.25) is 15.9 Å². The third-order valence-corrected chi connectivity index (χ3v) is 5.56. The number of nitrogens with one attached hydrogen (secondary N) is 1. The number of hydrogen-bond acceptors (Lipinski definition) is 4. The van der Waals surface area contributed by atoms with Gasteiger partial charge in [0, 0.05) is 12.6 Å². The third kappa shape index (κ3) is 6.15. The Bertz CT molecular complexity index is 967. The van der Waals surface area contributed by atoms with E-state index in [2.05, 4.69) is 5.32 Å². The van der Waals surface area contributed by atoms with E-state index in [1.54, 1.807) is 7.11 Å². The summed E-state index contributed by atoms with van der Waals surface area (Å²) in [6.45, 7) is 1.72. The number of halogens is 2. The van der Waals surface area contributed by atoms with Gasteiger partial charge in [-0.1, -0.05) is 12.1 Å². The van der Waals surface area contributed by atoms with E-state index in [1.807, 2.05) is 24.3 Å². The van der Waals surface area contributed by atoms with Crippen molar-refractivity contribution in [2.24, 2.45) is 0 Å². The van der Waals surface area contributed by atoms with Crippen LogP contribution < -0.4 is 14.4 Å². The third-order valence-electron chi connectivity index (χ3n) is 4.32. The molecule has 9 heteroatoms. The zero-order valence-corrected chi connectivity index (χ0v) is 17.3. The summed E-state index contributed by atoms with van der Waals surface area (Å²) in [6, 6.07) is 9.12. The van der Waals surface area contributed by atoms with E-state index in [1.165, 1.54) is 6.92 Å². The van der Waals surface area contributed by atoms with Gasteiger partial charge in [-0.05, 0) is 49.6 Å². The van der Waals surface area contributed by atoms with Crippen molar-refractivity contribution in [1.82, 2.24) is 5.32 Å². The minimum absolute atomic E-state index is 0.120. The van der Waals surface area contributed by atoms with Gasteiger partial charge in [0.25, 0.3) is 0 Å². The Labute approximate surface area is 169 Å². The molecule has 0 aromatic heterocycles. The maximum absolute atomic E-state index is 13.5. The monoisotopic (exact) mass is 426 g/mol. The molecule has 6 nitrogen and oxygen atoms in total. The van der Waals surface area contributed by atoms with Gasteiger partial charge in [-0.2, -0.15) is 0 Å². The molecule has 0 spiro atoms. The first-order valence-corrected chi connectivity index (χ1v) is 10.8. The van der Waals surface area contributed by atoms with Crippen LogP contribution in [-0.2, 0) is 21.2 Å². The lowest BCUT2D eigenvalue weighted by Crippen LogP contribution is -2.48. The maximum Gasteiger partial charge on any atom is 0.243 e. The highest BCUT2D eigenvalue weighted by Gasteiger charge is 2.29. The lowest BCUT2D eigenvalue weighted by atomic mass is 10.1. The molecule has 158 valence electrons. The molecule has 2 aromatic rings. The predicted molar refractivity (Wildman–Crippen MR) is 107 cm³/mol. The van der Waals surface area contributed by atoms with Gasteiger partial charge in [-0.25, -0.2) is 17.2 Å². The largest absolute Gasteiger partial charge is 0.497 e. The molecule has 0 fully saturated rings. The van der Waals surface area contributed by atoms with Crippen molar-refractivity contribution in [3.05, 3.63) is 59.7 Å². The number of ether oxygens (including phenoxy) is 1. The molecular weight excluding hydrogens is 402 g/mol. The first kappa shape index (κ1) is 22.6. The number of hydrogen-bond donors (Lipinski definition) is 1. The Hall–Kier alpha value is -2.68. The van der Waals surface area contributed by atoms with E-state index in [-0.39, 0.29) is 5.69 Å². The second kappa shape index (κ2) is 9.69. The van der Waals surface area contributed by atoms with E-state index >= 15 is 0 Å². The summed E-state index contributed by atoms with van der Waals surface area (Å²) in [4.78, 5) is 12.5. The van der Waals surface area contributed by atoms with Crippen LogP contribution in [0.25, 0.3) is 0 Å². The van der Waals surface area contributed by atoms with Crippen molar-refractivity contribution < 1.29 is 26.7 Å². The van der Waals surface area contributed by atoms with Gasteiger partial charge >= 0.3 is 0 Å². The SMILES string of the molecule is COc1cccc(CCCNC(=O)C(C)N(c2ccc(F)c(F)c2)S(C)(=O)=O)c1. The van der Waals surface area contributed by atoms with Gasteiger partial charge in [-0.15, -0.1) is 0 Å². The minimum atomic E-state index is -3.90. The highest BCUT2D eigenvalue weighted by atomic mass is 32.2. The number of sulfonamides is 1. The molecule has 0 aliphatic carbocycles. The van der Waals surface area contributed by atoms with Gasteiger partial charge in [0.1, 0.15) is 11.8 Å². The van der Waals surface area contributed by atoms with Crippen LogP contribution >= 0.6 is 0 Å². The van der Waals surface area contributed by atoms with Crippen molar-refractivity contribution in [1.29, 1.82) is 0 Å².